The van der Waals surface area contributed by atoms with E-state index >= 15 is 0 Å². The number of aryl methyl sites for hydroxylation is 1. The van der Waals surface area contributed by atoms with Gasteiger partial charge in [-0.2, -0.15) is 0 Å². The first-order valence-corrected chi connectivity index (χ1v) is 10.0. The molecule has 1 aromatic rings. The molecule has 0 radical (unpaired) electrons. The number of amides is 1. The summed E-state index contributed by atoms with van der Waals surface area (Å²) in [7, 11) is -1.30. The van der Waals surface area contributed by atoms with Crippen LogP contribution < -0.4 is 5.32 Å². The predicted molar refractivity (Wildman–Crippen MR) is 96.6 cm³/mol. The van der Waals surface area contributed by atoms with Crippen LogP contribution in [0.3, 0.4) is 0 Å². The number of nitrogens with zero attached hydrogens (tertiary/aromatic N) is 2. The lowest BCUT2D eigenvalue weighted by molar-refractivity contribution is -0.117. The molecule has 1 N–H and O–H groups in total. The quantitative estimate of drug-likeness (QED) is 0.873. The molecule has 1 atom stereocenters. The molecule has 1 aliphatic heterocycles. The van der Waals surface area contributed by atoms with Crippen molar-refractivity contribution in [2.24, 2.45) is 0 Å². The Kier molecular flexibility index (Phi) is 6.01. The molecule has 1 saturated heterocycles. The first-order valence-electron chi connectivity index (χ1n) is 8.20. The van der Waals surface area contributed by atoms with Gasteiger partial charge in [-0.3, -0.25) is 9.69 Å². The van der Waals surface area contributed by atoms with E-state index in [0.29, 0.717) is 13.1 Å². The Bertz CT molecular complexity index is 703. The maximum atomic E-state index is 12.3. The number of carbonyl (C=O) groups is 1. The maximum absolute atomic E-state index is 12.3. The maximum Gasteiger partial charge on any atom is 0.238 e. The fraction of sp³-hybridized carbons (Fsp3) is 0.588. The highest BCUT2D eigenvalue weighted by Crippen LogP contribution is 2.19. The van der Waals surface area contributed by atoms with Crippen LogP contribution in [0.5, 0.6) is 0 Å². The zero-order chi connectivity index (χ0) is 17.9. The monoisotopic (exact) mass is 353 g/mol. The Morgan fingerprint density at radius 1 is 1.38 bits per heavy atom. The number of sulfonamides is 1. The molecule has 1 aromatic carbocycles. The molecular formula is C17H27N3O3S. The third-order valence-corrected chi connectivity index (χ3v) is 5.99. The number of rotatable bonds is 5. The number of hydrogen-bond donors (Lipinski definition) is 1. The fourth-order valence-corrected chi connectivity index (χ4v) is 3.92. The van der Waals surface area contributed by atoms with Crippen LogP contribution in [-0.2, 0) is 14.8 Å². The molecule has 7 heteroatoms. The largest absolute Gasteiger partial charge is 0.325 e. The van der Waals surface area contributed by atoms with Gasteiger partial charge in [-0.15, -0.1) is 0 Å². The van der Waals surface area contributed by atoms with Gasteiger partial charge in [-0.1, -0.05) is 12.1 Å². The summed E-state index contributed by atoms with van der Waals surface area (Å²) in [4.78, 5) is 14.3. The summed E-state index contributed by atoms with van der Waals surface area (Å²) in [5, 5.41) is 2.95. The lowest BCUT2D eigenvalue weighted by Crippen LogP contribution is -2.49. The molecule has 1 aliphatic rings. The van der Waals surface area contributed by atoms with Gasteiger partial charge in [0.1, 0.15) is 0 Å². The van der Waals surface area contributed by atoms with Crippen molar-refractivity contribution in [2.75, 3.05) is 38.3 Å². The van der Waals surface area contributed by atoms with Crippen LogP contribution in [0.25, 0.3) is 0 Å². The van der Waals surface area contributed by atoms with Crippen molar-refractivity contribution in [3.05, 3.63) is 29.3 Å². The van der Waals surface area contributed by atoms with E-state index in [1.807, 2.05) is 44.0 Å². The highest BCUT2D eigenvalue weighted by molar-refractivity contribution is 7.88. The molecule has 1 fully saturated rings. The zero-order valence-corrected chi connectivity index (χ0v) is 15.7. The molecule has 0 spiro atoms. The number of anilines is 1. The SMILES string of the molecule is Cc1cccc(NC(=O)CN(C)C2CCCN(S(C)(=O)=O)C2)c1C. The van der Waals surface area contributed by atoms with Crippen LogP contribution in [0, 0.1) is 13.8 Å². The third-order valence-electron chi connectivity index (χ3n) is 4.72. The molecule has 0 saturated carbocycles. The van der Waals surface area contributed by atoms with Gasteiger partial charge < -0.3 is 5.32 Å². The Labute approximate surface area is 144 Å². The van der Waals surface area contributed by atoms with Crippen molar-refractivity contribution in [3.8, 4) is 0 Å². The Balaban J connectivity index is 1.95. The van der Waals surface area contributed by atoms with Crippen molar-refractivity contribution >= 4 is 21.6 Å². The van der Waals surface area contributed by atoms with Crippen molar-refractivity contribution in [3.63, 3.8) is 0 Å². The summed E-state index contributed by atoms with van der Waals surface area (Å²) in [5.74, 6) is -0.0809. The van der Waals surface area contributed by atoms with E-state index in [-0.39, 0.29) is 18.5 Å². The van der Waals surface area contributed by atoms with Crippen LogP contribution in [0.2, 0.25) is 0 Å². The molecule has 1 unspecified atom stereocenters. The smallest absolute Gasteiger partial charge is 0.238 e. The zero-order valence-electron chi connectivity index (χ0n) is 14.9. The van der Waals surface area contributed by atoms with E-state index in [2.05, 4.69) is 5.32 Å². The second kappa shape index (κ2) is 7.63. The van der Waals surface area contributed by atoms with Gasteiger partial charge in [0.25, 0.3) is 0 Å². The summed E-state index contributed by atoms with van der Waals surface area (Å²) in [6, 6.07) is 5.90. The normalized spacial score (nSPS) is 19.5. The van der Waals surface area contributed by atoms with Gasteiger partial charge in [-0.25, -0.2) is 12.7 Å². The summed E-state index contributed by atoms with van der Waals surface area (Å²) < 4.78 is 24.9. The molecule has 2 rings (SSSR count). The lowest BCUT2D eigenvalue weighted by atomic mass is 10.1. The van der Waals surface area contributed by atoms with E-state index < -0.39 is 10.0 Å². The number of carbonyl (C=O) groups excluding carboxylic acids is 1. The first-order chi connectivity index (χ1) is 11.2. The Morgan fingerprint density at radius 3 is 2.75 bits per heavy atom. The summed E-state index contributed by atoms with van der Waals surface area (Å²) >= 11 is 0. The van der Waals surface area contributed by atoms with Gasteiger partial charge in [0.05, 0.1) is 12.8 Å². The highest BCUT2D eigenvalue weighted by Gasteiger charge is 2.28. The minimum Gasteiger partial charge on any atom is -0.325 e. The molecule has 134 valence electrons. The van der Waals surface area contributed by atoms with Gasteiger partial charge in [0, 0.05) is 24.8 Å². The van der Waals surface area contributed by atoms with Crippen LogP contribution >= 0.6 is 0 Å². The van der Waals surface area contributed by atoms with Gasteiger partial charge >= 0.3 is 0 Å². The first kappa shape index (κ1) is 18.9. The minimum atomic E-state index is -3.17. The van der Waals surface area contributed by atoms with E-state index in [4.69, 9.17) is 0 Å². The molecule has 0 aromatic heterocycles. The van der Waals surface area contributed by atoms with Crippen molar-refractivity contribution in [1.82, 2.24) is 9.21 Å². The van der Waals surface area contributed by atoms with Gasteiger partial charge in [0.2, 0.25) is 15.9 Å². The molecule has 0 bridgehead atoms. The number of piperidine rings is 1. The average Bonchev–Trinajstić information content (AvgIpc) is 2.51. The van der Waals surface area contributed by atoms with Gasteiger partial charge in [0.15, 0.2) is 0 Å². The standard InChI is InChI=1S/C17H27N3O3S/c1-13-7-5-9-16(14(13)2)18-17(21)12-19(3)15-8-6-10-20(11-15)24(4,22)23/h5,7,9,15H,6,8,10-12H2,1-4H3,(H,18,21). The van der Waals surface area contributed by atoms with Crippen molar-refractivity contribution in [2.45, 2.75) is 32.7 Å². The van der Waals surface area contributed by atoms with E-state index in [1.54, 1.807) is 0 Å². The predicted octanol–water partition coefficient (Wildman–Crippen LogP) is 1.60. The van der Waals surface area contributed by atoms with Crippen molar-refractivity contribution < 1.29 is 13.2 Å². The summed E-state index contributed by atoms with van der Waals surface area (Å²) in [5.41, 5.74) is 3.03. The number of benzene rings is 1. The van der Waals surface area contributed by atoms with E-state index in [9.17, 15) is 13.2 Å². The molecule has 24 heavy (non-hydrogen) atoms. The topological polar surface area (TPSA) is 69.7 Å². The fourth-order valence-electron chi connectivity index (χ4n) is 3.01. The Morgan fingerprint density at radius 2 is 2.08 bits per heavy atom. The number of likely N-dealkylation sites (N-methyl/N-ethyl adjacent to an activating group) is 1. The minimum absolute atomic E-state index is 0.0674. The van der Waals surface area contributed by atoms with Crippen LogP contribution in [0.15, 0.2) is 18.2 Å². The van der Waals surface area contributed by atoms with Crippen molar-refractivity contribution in [1.29, 1.82) is 0 Å². The molecular weight excluding hydrogens is 326 g/mol. The average molecular weight is 353 g/mol. The van der Waals surface area contributed by atoms with E-state index in [1.165, 1.54) is 10.6 Å². The summed E-state index contributed by atoms with van der Waals surface area (Å²) in [6.45, 7) is 5.26. The van der Waals surface area contributed by atoms with E-state index in [0.717, 1.165) is 29.7 Å². The van der Waals surface area contributed by atoms with Crippen LogP contribution in [-0.4, -0.2) is 62.5 Å². The Hall–Kier alpha value is -1.44. The van der Waals surface area contributed by atoms with Gasteiger partial charge in [-0.05, 0) is 50.9 Å². The molecule has 6 nitrogen and oxygen atoms in total. The van der Waals surface area contributed by atoms with Crippen LogP contribution in [0.1, 0.15) is 24.0 Å². The molecule has 0 aliphatic carbocycles. The molecule has 1 amide bonds. The third kappa shape index (κ3) is 4.78. The second-order valence-corrected chi connectivity index (χ2v) is 8.61. The molecule has 1 heterocycles. The highest BCUT2D eigenvalue weighted by atomic mass is 32.2. The number of hydrogen-bond acceptors (Lipinski definition) is 4. The lowest BCUT2D eigenvalue weighted by Gasteiger charge is -2.36. The number of nitrogens with one attached hydrogen (secondary N) is 1. The summed E-state index contributed by atoms with van der Waals surface area (Å²) in [6.07, 6.45) is 2.96. The van der Waals surface area contributed by atoms with Crippen LogP contribution in [0.4, 0.5) is 5.69 Å². The second-order valence-electron chi connectivity index (χ2n) is 6.63.